The van der Waals surface area contributed by atoms with Crippen LogP contribution in [0.5, 0.6) is 11.5 Å². The van der Waals surface area contributed by atoms with Crippen molar-refractivity contribution in [2.45, 2.75) is 39.3 Å². The minimum atomic E-state index is 0.626. The van der Waals surface area contributed by atoms with Gasteiger partial charge in [-0.05, 0) is 58.3 Å². The van der Waals surface area contributed by atoms with Crippen LogP contribution in [0.1, 0.15) is 32.3 Å². The van der Waals surface area contributed by atoms with E-state index in [0.29, 0.717) is 19.3 Å². The lowest BCUT2D eigenvalue weighted by atomic mass is 9.97. The molecule has 4 heteroatoms. The van der Waals surface area contributed by atoms with E-state index in [1.165, 1.54) is 18.4 Å². The summed E-state index contributed by atoms with van der Waals surface area (Å²) in [6.07, 6.45) is 2.62. The Balaban J connectivity index is 1.67. The summed E-state index contributed by atoms with van der Waals surface area (Å²) in [4.78, 5) is 0. The van der Waals surface area contributed by atoms with E-state index in [2.05, 4.69) is 47.2 Å². The molecule has 0 aromatic heterocycles. The Morgan fingerprint density at radius 2 is 2.00 bits per heavy atom. The Kier molecular flexibility index (Phi) is 4.22. The molecule has 1 heterocycles. The average molecular weight is 340 g/mol. The molecule has 0 spiro atoms. The summed E-state index contributed by atoms with van der Waals surface area (Å²) in [5.41, 5.74) is 1.24. The second-order valence-electron chi connectivity index (χ2n) is 6.00. The monoisotopic (exact) mass is 339 g/mol. The fourth-order valence-corrected chi connectivity index (χ4v) is 3.77. The van der Waals surface area contributed by atoms with Crippen molar-refractivity contribution in [2.24, 2.45) is 11.8 Å². The van der Waals surface area contributed by atoms with Gasteiger partial charge in [-0.1, -0.05) is 13.8 Å². The van der Waals surface area contributed by atoms with E-state index in [1.807, 2.05) is 0 Å². The maximum absolute atomic E-state index is 5.67. The lowest BCUT2D eigenvalue weighted by Crippen LogP contribution is -2.31. The lowest BCUT2D eigenvalue weighted by Gasteiger charge is -2.22. The van der Waals surface area contributed by atoms with Crippen molar-refractivity contribution in [3.05, 3.63) is 22.2 Å². The van der Waals surface area contributed by atoms with E-state index in [1.54, 1.807) is 0 Å². The summed E-state index contributed by atoms with van der Waals surface area (Å²) >= 11 is 3.58. The van der Waals surface area contributed by atoms with Crippen molar-refractivity contribution in [2.75, 3.05) is 13.2 Å². The average Bonchev–Trinajstić information content (AvgIpc) is 2.77. The summed E-state index contributed by atoms with van der Waals surface area (Å²) in [6, 6.07) is 4.86. The number of halogens is 1. The third-order valence-corrected chi connectivity index (χ3v) is 5.28. The fraction of sp³-hybridized carbons (Fsp3) is 0.625. The minimum Gasteiger partial charge on any atom is -0.486 e. The number of fused-ring (bicyclic) bond motifs is 1. The molecule has 3 nitrogen and oxygen atoms in total. The van der Waals surface area contributed by atoms with Gasteiger partial charge in [0.05, 0.1) is 4.47 Å². The van der Waals surface area contributed by atoms with Crippen molar-refractivity contribution in [1.82, 2.24) is 5.32 Å². The van der Waals surface area contributed by atoms with Gasteiger partial charge in [0.2, 0.25) is 0 Å². The molecule has 3 unspecified atom stereocenters. The van der Waals surface area contributed by atoms with Crippen molar-refractivity contribution in [3.63, 3.8) is 0 Å². The van der Waals surface area contributed by atoms with Gasteiger partial charge in [-0.15, -0.1) is 0 Å². The van der Waals surface area contributed by atoms with Crippen LogP contribution in [0.25, 0.3) is 0 Å². The largest absolute Gasteiger partial charge is 0.486 e. The number of ether oxygens (including phenoxy) is 2. The van der Waals surface area contributed by atoms with Crippen LogP contribution < -0.4 is 14.8 Å². The molecule has 3 atom stereocenters. The number of hydrogen-bond donors (Lipinski definition) is 1. The first kappa shape index (κ1) is 14.2. The molecule has 1 aliphatic heterocycles. The highest BCUT2D eigenvalue weighted by molar-refractivity contribution is 9.10. The summed E-state index contributed by atoms with van der Waals surface area (Å²) in [6.45, 7) is 6.85. The molecule has 20 heavy (non-hydrogen) atoms. The molecule has 1 fully saturated rings. The number of hydrogen-bond acceptors (Lipinski definition) is 3. The third-order valence-electron chi connectivity index (χ3n) is 4.69. The Morgan fingerprint density at radius 3 is 2.75 bits per heavy atom. The van der Waals surface area contributed by atoms with Crippen LogP contribution in [0.2, 0.25) is 0 Å². The van der Waals surface area contributed by atoms with Crippen LogP contribution in [0, 0.1) is 11.8 Å². The standard InChI is InChI=1S/C16H22BrNO2/c1-10-3-4-14(11(10)2)18-9-12-7-13(17)16-15(8-12)19-5-6-20-16/h7-8,10-11,14,18H,3-6,9H2,1-2H3. The Labute approximate surface area is 129 Å². The Hall–Kier alpha value is -0.740. The van der Waals surface area contributed by atoms with Crippen molar-refractivity contribution >= 4 is 15.9 Å². The zero-order valence-electron chi connectivity index (χ0n) is 12.1. The summed E-state index contributed by atoms with van der Waals surface area (Å²) in [5, 5.41) is 3.69. The van der Waals surface area contributed by atoms with Crippen LogP contribution in [-0.4, -0.2) is 19.3 Å². The molecule has 0 saturated heterocycles. The number of benzene rings is 1. The maximum atomic E-state index is 5.67. The summed E-state index contributed by atoms with van der Waals surface area (Å²) < 4.78 is 12.3. The van der Waals surface area contributed by atoms with E-state index in [-0.39, 0.29) is 0 Å². The van der Waals surface area contributed by atoms with Gasteiger partial charge in [-0.25, -0.2) is 0 Å². The zero-order valence-corrected chi connectivity index (χ0v) is 13.7. The maximum Gasteiger partial charge on any atom is 0.175 e. The van der Waals surface area contributed by atoms with Gasteiger partial charge in [0.1, 0.15) is 13.2 Å². The molecule has 2 aliphatic rings. The number of nitrogens with one attached hydrogen (secondary N) is 1. The highest BCUT2D eigenvalue weighted by Crippen LogP contribution is 2.38. The molecule has 0 radical (unpaired) electrons. The SMILES string of the molecule is CC1CCC(NCc2cc(Br)c3c(c2)OCCO3)C1C. The Morgan fingerprint density at radius 1 is 1.20 bits per heavy atom. The highest BCUT2D eigenvalue weighted by Gasteiger charge is 2.29. The first-order chi connectivity index (χ1) is 9.65. The van der Waals surface area contributed by atoms with E-state index in [0.717, 1.165) is 34.4 Å². The zero-order chi connectivity index (χ0) is 14.1. The Bertz CT molecular complexity index is 492. The van der Waals surface area contributed by atoms with Gasteiger partial charge in [-0.3, -0.25) is 0 Å². The third kappa shape index (κ3) is 2.82. The fourth-order valence-electron chi connectivity index (χ4n) is 3.17. The van der Waals surface area contributed by atoms with Crippen LogP contribution >= 0.6 is 15.9 Å². The predicted molar refractivity (Wildman–Crippen MR) is 83.3 cm³/mol. The van der Waals surface area contributed by atoms with Crippen LogP contribution in [0.3, 0.4) is 0 Å². The van der Waals surface area contributed by atoms with Gasteiger partial charge in [0.25, 0.3) is 0 Å². The first-order valence-electron chi connectivity index (χ1n) is 7.46. The molecular formula is C16H22BrNO2. The molecule has 1 aromatic carbocycles. The predicted octanol–water partition coefficient (Wildman–Crippen LogP) is 3.74. The molecule has 1 N–H and O–H groups in total. The topological polar surface area (TPSA) is 30.5 Å². The molecule has 110 valence electrons. The van der Waals surface area contributed by atoms with Gasteiger partial charge in [-0.2, -0.15) is 0 Å². The normalized spacial score (nSPS) is 28.6. The summed E-state index contributed by atoms with van der Waals surface area (Å²) in [7, 11) is 0. The van der Waals surface area contributed by atoms with Gasteiger partial charge in [0, 0.05) is 12.6 Å². The molecule has 0 bridgehead atoms. The van der Waals surface area contributed by atoms with E-state index in [4.69, 9.17) is 9.47 Å². The number of rotatable bonds is 3. The second-order valence-corrected chi connectivity index (χ2v) is 6.86. The van der Waals surface area contributed by atoms with Gasteiger partial charge in [0.15, 0.2) is 11.5 Å². The lowest BCUT2D eigenvalue weighted by molar-refractivity contribution is 0.170. The van der Waals surface area contributed by atoms with E-state index < -0.39 is 0 Å². The smallest absolute Gasteiger partial charge is 0.175 e. The van der Waals surface area contributed by atoms with E-state index >= 15 is 0 Å². The minimum absolute atomic E-state index is 0.626. The first-order valence-corrected chi connectivity index (χ1v) is 8.26. The molecule has 1 aromatic rings. The van der Waals surface area contributed by atoms with Crippen molar-refractivity contribution < 1.29 is 9.47 Å². The van der Waals surface area contributed by atoms with Crippen LogP contribution in [-0.2, 0) is 6.54 Å². The molecule has 1 aliphatic carbocycles. The molecule has 1 saturated carbocycles. The van der Waals surface area contributed by atoms with Crippen LogP contribution in [0.4, 0.5) is 0 Å². The molecular weight excluding hydrogens is 318 g/mol. The van der Waals surface area contributed by atoms with Crippen molar-refractivity contribution in [3.8, 4) is 11.5 Å². The highest BCUT2D eigenvalue weighted by atomic mass is 79.9. The quantitative estimate of drug-likeness (QED) is 0.909. The molecule has 3 rings (SSSR count). The van der Waals surface area contributed by atoms with Crippen LogP contribution in [0.15, 0.2) is 16.6 Å². The molecule has 0 amide bonds. The second kappa shape index (κ2) is 5.94. The van der Waals surface area contributed by atoms with Crippen molar-refractivity contribution in [1.29, 1.82) is 0 Å². The summed E-state index contributed by atoms with van der Waals surface area (Å²) in [5.74, 6) is 3.29. The van der Waals surface area contributed by atoms with Gasteiger partial charge >= 0.3 is 0 Å². The van der Waals surface area contributed by atoms with Gasteiger partial charge < -0.3 is 14.8 Å². The van der Waals surface area contributed by atoms with E-state index in [9.17, 15) is 0 Å².